The highest BCUT2D eigenvalue weighted by Gasteiger charge is 2.22. The monoisotopic (exact) mass is 374 g/mol. The Hall–Kier alpha value is -2.67. The predicted octanol–water partition coefficient (Wildman–Crippen LogP) is 3.66. The molecule has 0 radical (unpaired) electrons. The molecular formula is C19H22N2O4S. The van der Waals surface area contributed by atoms with E-state index >= 15 is 0 Å². The number of amides is 3. The zero-order valence-electron chi connectivity index (χ0n) is 15.5. The fourth-order valence-corrected chi connectivity index (χ4v) is 3.66. The topological polar surface area (TPSA) is 84.5 Å². The number of rotatable bonds is 4. The van der Waals surface area contributed by atoms with E-state index < -0.39 is 12.0 Å². The average Bonchev–Trinajstić information content (AvgIpc) is 2.84. The van der Waals surface area contributed by atoms with E-state index in [0.717, 1.165) is 27.1 Å². The molecule has 1 heterocycles. The summed E-state index contributed by atoms with van der Waals surface area (Å²) in [6.07, 6.45) is -0.633. The summed E-state index contributed by atoms with van der Waals surface area (Å²) in [6, 6.07) is 5.92. The van der Waals surface area contributed by atoms with Crippen LogP contribution in [0, 0.1) is 27.7 Å². The molecule has 0 aliphatic rings. The van der Waals surface area contributed by atoms with Crippen LogP contribution in [-0.4, -0.2) is 25.0 Å². The molecule has 26 heavy (non-hydrogen) atoms. The average molecular weight is 374 g/mol. The lowest BCUT2D eigenvalue weighted by molar-refractivity contribution is -0.115. The van der Waals surface area contributed by atoms with E-state index in [2.05, 4.69) is 15.4 Å². The van der Waals surface area contributed by atoms with Gasteiger partial charge in [-0.1, -0.05) is 23.8 Å². The van der Waals surface area contributed by atoms with Crippen LogP contribution in [0.2, 0.25) is 0 Å². The molecule has 0 aliphatic heterocycles. The number of carbonyl (C=O) groups is 3. The number of nitrogens with one attached hydrogen (secondary N) is 2. The molecule has 2 N–H and O–H groups in total. The van der Waals surface area contributed by atoms with Gasteiger partial charge in [0, 0.05) is 4.88 Å². The van der Waals surface area contributed by atoms with E-state index in [1.807, 2.05) is 39.0 Å². The second-order valence-electron chi connectivity index (χ2n) is 6.09. The lowest BCUT2D eigenvalue weighted by Crippen LogP contribution is -2.31. The Morgan fingerprint density at radius 1 is 1.12 bits per heavy atom. The zero-order chi connectivity index (χ0) is 19.4. The fourth-order valence-electron chi connectivity index (χ4n) is 2.58. The predicted molar refractivity (Wildman–Crippen MR) is 102 cm³/mol. The summed E-state index contributed by atoms with van der Waals surface area (Å²) in [5.41, 5.74) is 4.11. The van der Waals surface area contributed by atoms with Crippen molar-refractivity contribution in [3.8, 4) is 0 Å². The molecule has 2 rings (SSSR count). The van der Waals surface area contributed by atoms with Crippen molar-refractivity contribution in [1.29, 1.82) is 0 Å². The van der Waals surface area contributed by atoms with E-state index in [-0.39, 0.29) is 17.9 Å². The number of ether oxygens (including phenoxy) is 1. The number of benzene rings is 1. The van der Waals surface area contributed by atoms with Crippen LogP contribution in [0.15, 0.2) is 18.2 Å². The maximum atomic E-state index is 12.5. The summed E-state index contributed by atoms with van der Waals surface area (Å²) in [7, 11) is 1.18. The molecule has 0 saturated carbocycles. The van der Waals surface area contributed by atoms with Crippen molar-refractivity contribution in [2.75, 3.05) is 12.4 Å². The maximum absolute atomic E-state index is 12.5. The first-order valence-corrected chi connectivity index (χ1v) is 8.89. The van der Waals surface area contributed by atoms with Crippen LogP contribution < -0.4 is 10.6 Å². The van der Waals surface area contributed by atoms with Crippen molar-refractivity contribution in [3.05, 3.63) is 50.9 Å². The maximum Gasteiger partial charge on any atom is 0.413 e. The Bertz CT molecular complexity index is 871. The Balaban J connectivity index is 2.20. The van der Waals surface area contributed by atoms with Crippen LogP contribution in [0.4, 0.5) is 9.80 Å². The third-order valence-electron chi connectivity index (χ3n) is 4.12. The summed E-state index contributed by atoms with van der Waals surface area (Å²) in [5.74, 6) is -0.814. The van der Waals surface area contributed by atoms with Gasteiger partial charge in [-0.05, 0) is 44.4 Å². The molecule has 0 fully saturated rings. The van der Waals surface area contributed by atoms with Gasteiger partial charge in [0.05, 0.1) is 19.1 Å². The van der Waals surface area contributed by atoms with Crippen molar-refractivity contribution in [3.63, 3.8) is 0 Å². The molecule has 0 aliphatic carbocycles. The van der Waals surface area contributed by atoms with E-state index in [9.17, 15) is 14.4 Å². The van der Waals surface area contributed by atoms with E-state index in [1.165, 1.54) is 18.4 Å². The van der Waals surface area contributed by atoms with Crippen molar-refractivity contribution in [1.82, 2.24) is 5.32 Å². The number of hydrogen-bond donors (Lipinski definition) is 2. The van der Waals surface area contributed by atoms with Gasteiger partial charge in [-0.3, -0.25) is 14.9 Å². The fraction of sp³-hybridized carbons (Fsp3) is 0.316. The number of alkyl carbamates (subject to hydrolysis) is 1. The molecule has 0 unspecified atom stereocenters. The highest BCUT2D eigenvalue weighted by molar-refractivity contribution is 7.16. The van der Waals surface area contributed by atoms with Crippen molar-refractivity contribution < 1.29 is 19.1 Å². The summed E-state index contributed by atoms with van der Waals surface area (Å²) >= 11 is 1.30. The second-order valence-corrected chi connectivity index (χ2v) is 7.31. The van der Waals surface area contributed by atoms with E-state index in [0.29, 0.717) is 5.00 Å². The number of imide groups is 1. The molecule has 1 aromatic heterocycles. The van der Waals surface area contributed by atoms with Crippen molar-refractivity contribution in [2.24, 2.45) is 0 Å². The Kier molecular flexibility index (Phi) is 6.15. The number of aryl methyl sites for hydroxylation is 3. The normalized spacial score (nSPS) is 10.3. The van der Waals surface area contributed by atoms with Gasteiger partial charge in [0.25, 0.3) is 5.91 Å². The molecule has 0 spiro atoms. The van der Waals surface area contributed by atoms with Crippen LogP contribution in [-0.2, 0) is 16.0 Å². The molecule has 3 amide bonds. The van der Waals surface area contributed by atoms with Crippen LogP contribution in [0.1, 0.15) is 37.5 Å². The molecule has 2 aromatic rings. The van der Waals surface area contributed by atoms with Crippen LogP contribution in [0.3, 0.4) is 0 Å². The van der Waals surface area contributed by atoms with Crippen molar-refractivity contribution in [2.45, 2.75) is 34.1 Å². The minimum atomic E-state index is -0.842. The van der Waals surface area contributed by atoms with Gasteiger partial charge in [-0.15, -0.1) is 11.3 Å². The molecule has 7 heteroatoms. The van der Waals surface area contributed by atoms with Crippen molar-refractivity contribution >= 4 is 34.2 Å². The number of thiophene rings is 1. The molecule has 1 aromatic carbocycles. The minimum absolute atomic E-state index is 0.209. The summed E-state index contributed by atoms with van der Waals surface area (Å²) < 4.78 is 4.46. The standard InChI is InChI=1S/C19H22N2O4S/c1-10-6-7-14(11(2)8-10)9-15(22)20-18-16(12(3)13(4)26-18)17(23)21-19(24)25-5/h6-8H,9H2,1-5H3,(H,20,22)(H,21,23,24). The van der Waals surface area contributed by atoms with Gasteiger partial charge >= 0.3 is 6.09 Å². The smallest absolute Gasteiger partial charge is 0.413 e. The zero-order valence-corrected chi connectivity index (χ0v) is 16.3. The quantitative estimate of drug-likeness (QED) is 0.855. The van der Waals surface area contributed by atoms with Gasteiger partial charge in [-0.2, -0.15) is 0 Å². The first-order valence-electron chi connectivity index (χ1n) is 8.08. The number of hydrogen-bond acceptors (Lipinski definition) is 5. The van der Waals surface area contributed by atoms with Gasteiger partial charge in [0.2, 0.25) is 5.91 Å². The third-order valence-corrected chi connectivity index (χ3v) is 5.24. The SMILES string of the molecule is COC(=O)NC(=O)c1c(NC(=O)Cc2ccc(C)cc2C)sc(C)c1C. The minimum Gasteiger partial charge on any atom is -0.453 e. The highest BCUT2D eigenvalue weighted by atomic mass is 32.1. The summed E-state index contributed by atoms with van der Waals surface area (Å²) in [5, 5.41) is 5.36. The molecule has 138 valence electrons. The van der Waals surface area contributed by atoms with Crippen LogP contribution >= 0.6 is 11.3 Å². The lowest BCUT2D eigenvalue weighted by atomic mass is 10.0. The first kappa shape index (κ1) is 19.7. The Morgan fingerprint density at radius 2 is 1.81 bits per heavy atom. The number of carbonyl (C=O) groups excluding carboxylic acids is 3. The summed E-state index contributed by atoms with van der Waals surface area (Å²) in [4.78, 5) is 37.0. The molecular weight excluding hydrogens is 352 g/mol. The lowest BCUT2D eigenvalue weighted by Gasteiger charge is -2.09. The summed E-state index contributed by atoms with van der Waals surface area (Å²) in [6.45, 7) is 7.59. The largest absolute Gasteiger partial charge is 0.453 e. The highest BCUT2D eigenvalue weighted by Crippen LogP contribution is 2.32. The molecule has 0 bridgehead atoms. The second kappa shape index (κ2) is 8.14. The molecule has 0 saturated heterocycles. The van der Waals surface area contributed by atoms with Gasteiger partial charge in [-0.25, -0.2) is 4.79 Å². The van der Waals surface area contributed by atoms with Crippen LogP contribution in [0.5, 0.6) is 0 Å². The number of anilines is 1. The molecule has 6 nitrogen and oxygen atoms in total. The van der Waals surface area contributed by atoms with E-state index in [4.69, 9.17) is 0 Å². The van der Waals surface area contributed by atoms with Gasteiger partial charge in [0.1, 0.15) is 5.00 Å². The number of methoxy groups -OCH3 is 1. The van der Waals surface area contributed by atoms with E-state index in [1.54, 1.807) is 6.92 Å². The third kappa shape index (κ3) is 4.49. The molecule has 0 atom stereocenters. The van der Waals surface area contributed by atoms with Gasteiger partial charge in [0.15, 0.2) is 0 Å². The Morgan fingerprint density at radius 3 is 2.42 bits per heavy atom. The Labute approximate surface area is 156 Å². The van der Waals surface area contributed by atoms with Gasteiger partial charge < -0.3 is 10.1 Å². The first-order chi connectivity index (χ1) is 12.2. The van der Waals surface area contributed by atoms with Crippen LogP contribution in [0.25, 0.3) is 0 Å².